The van der Waals surface area contributed by atoms with E-state index in [1.165, 1.54) is 14.5 Å². The largest absolute Gasteiger partial charge is 0.673 e. The second-order valence-corrected chi connectivity index (χ2v) is 5.97. The minimum atomic E-state index is -6.00. The zero-order chi connectivity index (χ0) is 15.2. The van der Waals surface area contributed by atoms with E-state index in [2.05, 4.69) is 56.3 Å². The summed E-state index contributed by atoms with van der Waals surface area (Å²) >= 11 is 1.09. The molecule has 0 heterocycles. The summed E-state index contributed by atoms with van der Waals surface area (Å²) in [6.07, 6.45) is 7.90. The maximum atomic E-state index is 9.75. The molecule has 0 aliphatic heterocycles. The van der Waals surface area contributed by atoms with Gasteiger partial charge < -0.3 is 17.3 Å². The third-order valence-corrected chi connectivity index (χ3v) is 3.96. The summed E-state index contributed by atoms with van der Waals surface area (Å²) in [7, 11) is -6.00. The number of rotatable bonds is 3. The molecule has 0 nitrogen and oxygen atoms in total. The Balaban J connectivity index is 0.000000347. The van der Waals surface area contributed by atoms with Crippen molar-refractivity contribution in [2.75, 3.05) is 0 Å². The van der Waals surface area contributed by atoms with Crippen molar-refractivity contribution in [3.63, 3.8) is 0 Å². The van der Waals surface area contributed by atoms with E-state index >= 15 is 0 Å². The quantitative estimate of drug-likeness (QED) is 0.559. The zero-order valence-corrected chi connectivity index (χ0v) is 12.4. The first-order valence-corrected chi connectivity index (χ1v) is 7.33. The van der Waals surface area contributed by atoms with Gasteiger partial charge in [0.25, 0.3) is 0 Å². The van der Waals surface area contributed by atoms with E-state index in [1.54, 1.807) is 0 Å². The molecule has 0 unspecified atom stereocenters. The summed E-state index contributed by atoms with van der Waals surface area (Å²) in [6.45, 7) is 4.52. The fourth-order valence-electron chi connectivity index (χ4n) is 1.61. The van der Waals surface area contributed by atoms with Crippen molar-refractivity contribution >= 4 is 11.7 Å². The third-order valence-electron chi connectivity index (χ3n) is 2.43. The predicted octanol–water partition coefficient (Wildman–Crippen LogP) is 4.66. The van der Waals surface area contributed by atoms with E-state index in [4.69, 9.17) is 0 Å². The normalized spacial score (nSPS) is 14.2. The van der Waals surface area contributed by atoms with Gasteiger partial charge in [-0.2, -0.15) is 0 Å². The monoisotopic (exact) mass is 327 g/mol. The maximum absolute atomic E-state index is 9.75. The van der Waals surface area contributed by atoms with Gasteiger partial charge in [0, 0.05) is 0 Å². The Morgan fingerprint density at radius 3 is 2.20 bits per heavy atom. The molecule has 20 heavy (non-hydrogen) atoms. The molecule has 0 N–H and O–H groups in total. The molecule has 0 saturated carbocycles. The second-order valence-electron chi connectivity index (χ2n) is 4.46. The average Bonchev–Trinajstić information content (AvgIpc) is 2.80. The van der Waals surface area contributed by atoms with E-state index in [-0.39, 0.29) is 0 Å². The first kappa shape index (κ1) is 17.1. The van der Waals surface area contributed by atoms with Gasteiger partial charge in [-0.25, -0.2) is 0 Å². The van der Waals surface area contributed by atoms with E-state index in [9.17, 15) is 17.3 Å². The number of allylic oxidation sites excluding steroid dienone is 4. The molecule has 0 amide bonds. The minimum absolute atomic E-state index is 0.618. The molecule has 0 saturated heterocycles. The molecule has 6 heteroatoms. The average molecular weight is 327 g/mol. The van der Waals surface area contributed by atoms with Crippen molar-refractivity contribution in [1.29, 1.82) is 0 Å². The van der Waals surface area contributed by atoms with E-state index in [1.807, 2.05) is 0 Å². The van der Waals surface area contributed by atoms with Crippen molar-refractivity contribution in [3.8, 4) is 0 Å². The van der Waals surface area contributed by atoms with Gasteiger partial charge in [-0.3, -0.25) is 0 Å². The summed E-state index contributed by atoms with van der Waals surface area (Å²) in [4.78, 5) is 0. The van der Waals surface area contributed by atoms with Crippen LogP contribution < -0.4 is 4.46 Å². The minimum Gasteiger partial charge on any atom is -0.418 e. The van der Waals surface area contributed by atoms with Crippen molar-refractivity contribution in [3.05, 3.63) is 52.5 Å². The Kier molecular flexibility index (Phi) is 6.57. The van der Waals surface area contributed by atoms with Crippen LogP contribution in [0.2, 0.25) is 0 Å². The van der Waals surface area contributed by atoms with Gasteiger partial charge in [0.1, 0.15) is 0 Å². The molecule has 0 atom stereocenters. The Hall–Kier alpha value is -0.996. The molecule has 0 fully saturated rings. The van der Waals surface area contributed by atoms with Gasteiger partial charge in [0.15, 0.2) is 0 Å². The van der Waals surface area contributed by atoms with Crippen molar-refractivity contribution in [1.82, 2.24) is 0 Å². The van der Waals surface area contributed by atoms with Crippen LogP contribution in [0, 0.1) is 0 Å². The van der Waals surface area contributed by atoms with Gasteiger partial charge in [0.2, 0.25) is 0 Å². The molecule has 1 aromatic carbocycles. The van der Waals surface area contributed by atoms with Crippen molar-refractivity contribution < 1.29 is 32.2 Å². The Morgan fingerprint density at radius 1 is 1.10 bits per heavy atom. The fourth-order valence-corrected chi connectivity index (χ4v) is 3.19. The fraction of sp³-hybridized carbons (Fsp3) is 0.286. The van der Waals surface area contributed by atoms with Gasteiger partial charge in [-0.15, -0.1) is 0 Å². The first-order valence-electron chi connectivity index (χ1n) is 6.22. The molecular formula is C14H16BF4Fe-. The standard InChI is InChI=1S/C9H11.C5H5.BF4.Fe/c1-8(2)9-6-4-3-5-7-9;1-2-4-5-3-1;2-1(3,4)5;/h3-6,8H,1-2H3;1-2,5H,3H2;;/q;;-1;. The van der Waals surface area contributed by atoms with Gasteiger partial charge in [0.05, 0.1) is 0 Å². The zero-order valence-electron chi connectivity index (χ0n) is 11.3. The van der Waals surface area contributed by atoms with Gasteiger partial charge >= 0.3 is 105 Å². The summed E-state index contributed by atoms with van der Waals surface area (Å²) in [6, 6.07) is 8.78. The molecule has 0 radical (unpaired) electrons. The number of hydrogen-bond acceptors (Lipinski definition) is 0. The molecule has 0 aromatic heterocycles. The summed E-state index contributed by atoms with van der Waals surface area (Å²) in [5.41, 5.74) is 1.48. The number of halogens is 4. The molecule has 2 rings (SSSR count). The van der Waals surface area contributed by atoms with Gasteiger partial charge in [-0.1, -0.05) is 0 Å². The molecule has 1 aromatic rings. The molecule has 0 bridgehead atoms. The number of benzene rings is 1. The maximum Gasteiger partial charge on any atom is 0.673 e. The first-order chi connectivity index (χ1) is 9.27. The van der Waals surface area contributed by atoms with Crippen LogP contribution in [-0.2, 0) is 15.0 Å². The van der Waals surface area contributed by atoms with Crippen LogP contribution in [0.1, 0.15) is 31.7 Å². The molecule has 1 aliphatic rings. The molecule has 0 spiro atoms. The summed E-state index contributed by atoms with van der Waals surface area (Å²) in [5.74, 6) is 0.618. The van der Waals surface area contributed by atoms with Crippen LogP contribution in [0.25, 0.3) is 0 Å². The predicted molar refractivity (Wildman–Crippen MR) is 72.2 cm³/mol. The molecule has 112 valence electrons. The summed E-state index contributed by atoms with van der Waals surface area (Å²) in [5, 5.41) is 0. The van der Waals surface area contributed by atoms with Crippen LogP contribution >= 0.6 is 0 Å². The third kappa shape index (κ3) is 6.97. The summed E-state index contributed by atoms with van der Waals surface area (Å²) < 4.78 is 41.9. The van der Waals surface area contributed by atoms with Crippen LogP contribution in [-0.4, -0.2) is 7.25 Å². The van der Waals surface area contributed by atoms with E-state index in [0.717, 1.165) is 21.4 Å². The topological polar surface area (TPSA) is 0 Å². The van der Waals surface area contributed by atoms with Crippen molar-refractivity contribution in [2.24, 2.45) is 0 Å². The Morgan fingerprint density at radius 2 is 1.70 bits per heavy atom. The van der Waals surface area contributed by atoms with Crippen LogP contribution in [0.15, 0.2) is 47.0 Å². The molecule has 1 aliphatic carbocycles. The smallest absolute Gasteiger partial charge is 0.418 e. The molecular weight excluding hydrogens is 311 g/mol. The van der Waals surface area contributed by atoms with Crippen LogP contribution in [0.4, 0.5) is 17.3 Å². The Labute approximate surface area is 123 Å². The van der Waals surface area contributed by atoms with Gasteiger partial charge in [-0.05, 0) is 0 Å². The SMILES string of the molecule is CC(C)c1cccc[c]1[Fe][C]1=CCC=C1.F[B-](F)(F)F. The van der Waals surface area contributed by atoms with E-state index in [0.29, 0.717) is 5.92 Å². The van der Waals surface area contributed by atoms with Crippen LogP contribution in [0.3, 0.4) is 0 Å². The van der Waals surface area contributed by atoms with Crippen molar-refractivity contribution in [2.45, 2.75) is 26.2 Å². The number of hydrogen-bond donors (Lipinski definition) is 0. The van der Waals surface area contributed by atoms with E-state index < -0.39 is 7.25 Å². The van der Waals surface area contributed by atoms with Crippen LogP contribution in [0.5, 0.6) is 0 Å². The Bertz CT molecular complexity index is 486. The second kappa shape index (κ2) is 7.70.